The molecule has 0 saturated heterocycles. The molecule has 2 N–H and O–H groups in total. The van der Waals surface area contributed by atoms with E-state index < -0.39 is 7.12 Å². The van der Waals surface area contributed by atoms with Crippen molar-refractivity contribution in [3.63, 3.8) is 0 Å². The lowest BCUT2D eigenvalue weighted by Gasteiger charge is -2.08. The molecule has 0 spiro atoms. The number of hydrogen-bond donors (Lipinski definition) is 2. The minimum atomic E-state index is -1.36. The number of benzene rings is 8. The van der Waals surface area contributed by atoms with Crippen LogP contribution in [0.2, 0.25) is 0 Å². The Labute approximate surface area is 451 Å². The normalized spacial score (nSPS) is 10.7. The van der Waals surface area contributed by atoms with E-state index in [1.165, 1.54) is 91.0 Å². The van der Waals surface area contributed by atoms with Crippen molar-refractivity contribution in [1.29, 1.82) is 0 Å². The fourth-order valence-electron chi connectivity index (χ4n) is 8.39. The lowest BCUT2D eigenvalue weighted by Crippen LogP contribution is -2.26. The smallest absolute Gasteiger partial charge is 0.423 e. The summed E-state index contributed by atoms with van der Waals surface area (Å²) in [6.45, 7) is 0. The molecule has 0 aliphatic rings. The molecular formula is C64H47BBrNO2S4. The van der Waals surface area contributed by atoms with Gasteiger partial charge in [0.05, 0.1) is 11.0 Å². The summed E-state index contributed by atoms with van der Waals surface area (Å²) >= 11 is 10.3. The fourth-order valence-corrected chi connectivity index (χ4v) is 12.3. The molecular weight excluding hydrogens is 1030 g/mol. The highest BCUT2D eigenvalue weighted by atomic mass is 79.9. The second kappa shape index (κ2) is 24.0. The highest BCUT2D eigenvalue weighted by Gasteiger charge is 2.15. The summed E-state index contributed by atoms with van der Waals surface area (Å²) in [5.41, 5.74) is 11.2. The van der Waals surface area contributed by atoms with Gasteiger partial charge in [0.2, 0.25) is 0 Å². The largest absolute Gasteiger partial charge is 0.499 e. The molecule has 0 amide bonds. The maximum absolute atomic E-state index is 8.95. The Bertz CT molecular complexity index is 3700. The Morgan fingerprint density at radius 2 is 0.671 bits per heavy atom. The average Bonchev–Trinajstić information content (AvgIpc) is 4.34. The predicted octanol–water partition coefficient (Wildman–Crippen LogP) is 18.5. The summed E-state index contributed by atoms with van der Waals surface area (Å²) in [5, 5.41) is 22.6. The lowest BCUT2D eigenvalue weighted by atomic mass is 9.90. The van der Waals surface area contributed by atoms with Crippen molar-refractivity contribution in [2.45, 2.75) is 0 Å². The number of thiophene rings is 4. The Hall–Kier alpha value is -7.18. The van der Waals surface area contributed by atoms with Gasteiger partial charge in [0.25, 0.3) is 0 Å². The van der Waals surface area contributed by atoms with Crippen molar-refractivity contribution in [2.75, 3.05) is 0 Å². The number of halogens is 1. The molecule has 73 heavy (non-hydrogen) atoms. The number of hydrogen-bond acceptors (Lipinski definition) is 6. The van der Waals surface area contributed by atoms with Crippen LogP contribution in [0.4, 0.5) is 0 Å². The zero-order valence-electron chi connectivity index (χ0n) is 39.4. The molecule has 0 atom stereocenters. The molecule has 0 bridgehead atoms. The summed E-state index contributed by atoms with van der Waals surface area (Å²) in [7, 11) is -1.36. The Balaban J connectivity index is 0.000000121. The van der Waals surface area contributed by atoms with Gasteiger partial charge in [-0.3, -0.25) is 0 Å². The third kappa shape index (κ3) is 12.2. The zero-order valence-corrected chi connectivity index (χ0v) is 44.3. The topological polar surface area (TPSA) is 45.4 Å². The van der Waals surface area contributed by atoms with Gasteiger partial charge in [0, 0.05) is 55.0 Å². The van der Waals surface area contributed by atoms with Crippen LogP contribution in [-0.4, -0.2) is 21.7 Å². The summed E-state index contributed by atoms with van der Waals surface area (Å²) in [6.07, 6.45) is 0. The molecule has 0 saturated carbocycles. The molecule has 0 aliphatic carbocycles. The van der Waals surface area contributed by atoms with Crippen molar-refractivity contribution >= 4 is 95.0 Å². The van der Waals surface area contributed by atoms with Gasteiger partial charge >= 0.3 is 7.12 Å². The van der Waals surface area contributed by atoms with Crippen molar-refractivity contribution in [3.8, 4) is 68.3 Å². The van der Waals surface area contributed by atoms with Gasteiger partial charge in [-0.25, -0.2) is 0 Å². The van der Waals surface area contributed by atoms with E-state index in [-0.39, 0.29) is 0 Å². The van der Waals surface area contributed by atoms with E-state index in [2.05, 4.69) is 238 Å². The zero-order chi connectivity index (χ0) is 49.8. The number of nitrogens with zero attached hydrogens (tertiary/aromatic N) is 1. The monoisotopic (exact) mass is 1080 g/mol. The van der Waals surface area contributed by atoms with Crippen molar-refractivity contribution < 1.29 is 10.0 Å². The van der Waals surface area contributed by atoms with Crippen LogP contribution >= 0.6 is 61.3 Å². The minimum Gasteiger partial charge on any atom is -0.423 e. The van der Waals surface area contributed by atoms with Gasteiger partial charge in [0.15, 0.2) is 0 Å². The second-order valence-corrected chi connectivity index (χ2v) is 21.9. The highest BCUT2D eigenvalue weighted by Crippen LogP contribution is 2.37. The molecule has 3 nitrogen and oxygen atoms in total. The summed E-state index contributed by atoms with van der Waals surface area (Å²) in [5.74, 6) is 0. The Morgan fingerprint density at radius 3 is 1.07 bits per heavy atom. The Kier molecular flexibility index (Phi) is 16.3. The SMILES string of the molecule is Brc1ccc(-c2ccc(-c3ccccc3)s2)cc1.OB(O)c1ccc(-c2ccccc2)s1.c1ccc(-c2ccc(-c3ccc(-n4c5ccccc5c5ccccc54)cc3)s2)cc1.c1ccc(-c2cccs2)cc1. The number of fused-ring (bicyclic) bond motifs is 3. The van der Waals surface area contributed by atoms with Gasteiger partial charge < -0.3 is 14.6 Å². The van der Waals surface area contributed by atoms with Gasteiger partial charge in [0.1, 0.15) is 0 Å². The first-order valence-electron chi connectivity index (χ1n) is 23.7. The van der Waals surface area contributed by atoms with Gasteiger partial charge in [-0.2, -0.15) is 0 Å². The second-order valence-electron chi connectivity index (χ2n) is 16.8. The van der Waals surface area contributed by atoms with E-state index in [9.17, 15) is 0 Å². The van der Waals surface area contributed by atoms with Crippen LogP contribution in [0.15, 0.2) is 277 Å². The molecule has 0 unspecified atom stereocenters. The minimum absolute atomic E-state index is 0.573. The quantitative estimate of drug-likeness (QED) is 0.149. The Morgan fingerprint density at radius 1 is 0.315 bits per heavy atom. The fraction of sp³-hybridized carbons (Fsp3) is 0. The van der Waals surface area contributed by atoms with Crippen LogP contribution in [-0.2, 0) is 0 Å². The van der Waals surface area contributed by atoms with Crippen molar-refractivity contribution in [3.05, 3.63) is 277 Å². The standard InChI is InChI=1S/C28H19NS.C16H11BrS.C10H9BO2S.C10H8S/c1-2-8-20(9-3-1)27-18-19-28(30-27)21-14-16-22(17-15-21)29-25-12-6-4-10-23(25)24-11-5-7-13-26(24)29;17-14-8-6-13(7-9-14)16-11-10-15(18-16)12-4-2-1-3-5-12;12-11(13)10-7-6-9(14-10)8-4-2-1-3-5-8;1-2-5-9(6-3-1)10-7-4-8-11-10/h1-19H;1-11H;1-7,12-13H;1-8H. The third-order valence-electron chi connectivity index (χ3n) is 12.0. The van der Waals surface area contributed by atoms with Gasteiger partial charge in [-0.15, -0.1) is 45.3 Å². The molecule has 8 aromatic carbocycles. The van der Waals surface area contributed by atoms with E-state index in [0.29, 0.717) is 4.78 Å². The van der Waals surface area contributed by atoms with Gasteiger partial charge in [-0.1, -0.05) is 210 Å². The maximum Gasteiger partial charge on any atom is 0.499 e. The van der Waals surface area contributed by atoms with Crippen LogP contribution in [0, 0.1) is 0 Å². The third-order valence-corrected chi connectivity index (χ3v) is 17.0. The molecule has 5 aromatic heterocycles. The van der Waals surface area contributed by atoms with E-state index >= 15 is 0 Å². The molecule has 9 heteroatoms. The number of para-hydroxylation sites is 2. The molecule has 0 radical (unpaired) electrons. The molecule has 13 rings (SSSR count). The molecule has 5 heterocycles. The number of aromatic nitrogens is 1. The van der Waals surface area contributed by atoms with Crippen LogP contribution < -0.4 is 4.78 Å². The summed E-state index contributed by atoms with van der Waals surface area (Å²) in [4.78, 5) is 7.61. The van der Waals surface area contributed by atoms with E-state index in [1.54, 1.807) is 17.4 Å². The van der Waals surface area contributed by atoms with Crippen molar-refractivity contribution in [1.82, 2.24) is 4.57 Å². The lowest BCUT2D eigenvalue weighted by molar-refractivity contribution is 0.427. The molecule has 13 aromatic rings. The number of rotatable bonds is 8. The summed E-state index contributed by atoms with van der Waals surface area (Å²) < 4.78 is 4.05. The highest BCUT2D eigenvalue weighted by molar-refractivity contribution is 9.10. The van der Waals surface area contributed by atoms with Crippen LogP contribution in [0.5, 0.6) is 0 Å². The van der Waals surface area contributed by atoms with Crippen LogP contribution in [0.1, 0.15) is 0 Å². The molecule has 0 fully saturated rings. The molecule has 0 aliphatic heterocycles. The first-order chi connectivity index (χ1) is 35.9. The maximum atomic E-state index is 8.95. The van der Waals surface area contributed by atoms with E-state index in [0.717, 1.165) is 14.9 Å². The first-order valence-corrected chi connectivity index (χ1v) is 27.8. The van der Waals surface area contributed by atoms with Crippen molar-refractivity contribution in [2.24, 2.45) is 0 Å². The first kappa shape index (κ1) is 49.4. The van der Waals surface area contributed by atoms with Gasteiger partial charge in [-0.05, 0) is 112 Å². The predicted molar refractivity (Wildman–Crippen MR) is 322 cm³/mol. The average molecular weight is 1080 g/mol. The summed E-state index contributed by atoms with van der Waals surface area (Å²) in [6, 6.07) is 92.7. The molecule has 354 valence electrons. The van der Waals surface area contributed by atoms with Crippen LogP contribution in [0.25, 0.3) is 90.1 Å². The van der Waals surface area contributed by atoms with E-state index in [4.69, 9.17) is 10.0 Å². The van der Waals surface area contributed by atoms with Crippen LogP contribution in [0.3, 0.4) is 0 Å². The van der Waals surface area contributed by atoms with E-state index in [1.807, 2.05) is 71.2 Å².